The lowest BCUT2D eigenvalue weighted by molar-refractivity contribution is -0.128. The van der Waals surface area contributed by atoms with Gasteiger partial charge >= 0.3 is 0 Å². The lowest BCUT2D eigenvalue weighted by Gasteiger charge is -2.19. The number of hydrogen-bond acceptors (Lipinski definition) is 3. The van der Waals surface area contributed by atoms with Crippen LogP contribution < -0.4 is 0 Å². The molecule has 3 rings (SSSR count). The largest absolute Gasteiger partial charge is 0.272 e. The number of hydrogen-bond donors (Lipinski definition) is 0. The molecule has 0 saturated carbocycles. The highest BCUT2D eigenvalue weighted by molar-refractivity contribution is 9.10. The highest BCUT2D eigenvalue weighted by Crippen LogP contribution is 2.39. The normalized spacial score (nSPS) is 18.4. The number of hydrazone groups is 1. The van der Waals surface area contributed by atoms with Crippen LogP contribution in [0.25, 0.3) is 0 Å². The van der Waals surface area contributed by atoms with Crippen molar-refractivity contribution < 1.29 is 4.79 Å². The van der Waals surface area contributed by atoms with Gasteiger partial charge in [0.2, 0.25) is 0 Å². The molecule has 1 atom stereocenters. The first-order chi connectivity index (χ1) is 10.6. The minimum Gasteiger partial charge on any atom is -0.272 e. The van der Waals surface area contributed by atoms with Crippen LogP contribution in [-0.2, 0) is 4.79 Å². The van der Waals surface area contributed by atoms with Crippen molar-refractivity contribution >= 4 is 55.7 Å². The molecule has 0 radical (unpaired) electrons. The number of thioether (sulfide) groups is 1. The van der Waals surface area contributed by atoms with E-state index in [4.69, 9.17) is 0 Å². The molecule has 3 nitrogen and oxygen atoms in total. The summed E-state index contributed by atoms with van der Waals surface area (Å²) in [4.78, 5) is 12.1. The molecule has 1 heterocycles. The van der Waals surface area contributed by atoms with Crippen molar-refractivity contribution in [1.29, 1.82) is 0 Å². The van der Waals surface area contributed by atoms with Gasteiger partial charge in [-0.05, 0) is 35.4 Å². The van der Waals surface area contributed by atoms with Crippen molar-refractivity contribution in [2.75, 3.05) is 5.75 Å². The van der Waals surface area contributed by atoms with Crippen molar-refractivity contribution in [2.45, 2.75) is 5.37 Å². The molecule has 22 heavy (non-hydrogen) atoms. The fourth-order valence-corrected chi connectivity index (χ4v) is 4.07. The smallest absolute Gasteiger partial charge is 0.254 e. The summed E-state index contributed by atoms with van der Waals surface area (Å²) in [6.45, 7) is 0. The molecule has 0 spiro atoms. The summed E-state index contributed by atoms with van der Waals surface area (Å²) in [5, 5.41) is 5.89. The molecule has 0 N–H and O–H groups in total. The molecule has 0 aliphatic carbocycles. The summed E-state index contributed by atoms with van der Waals surface area (Å²) in [7, 11) is 0. The maximum Gasteiger partial charge on any atom is 0.254 e. The number of rotatable bonds is 3. The van der Waals surface area contributed by atoms with E-state index in [1.54, 1.807) is 23.0 Å². The lowest BCUT2D eigenvalue weighted by atomic mass is 10.2. The molecule has 2 aromatic rings. The molecular formula is C16H12Br2N2OS. The summed E-state index contributed by atoms with van der Waals surface area (Å²) >= 11 is 8.50. The molecule has 1 fully saturated rings. The van der Waals surface area contributed by atoms with Crippen LogP contribution >= 0.6 is 43.6 Å². The Hall–Kier alpha value is -1.11. The highest BCUT2D eigenvalue weighted by atomic mass is 79.9. The summed E-state index contributed by atoms with van der Waals surface area (Å²) in [6, 6.07) is 15.8. The Morgan fingerprint density at radius 2 is 1.86 bits per heavy atom. The van der Waals surface area contributed by atoms with Gasteiger partial charge in [-0.1, -0.05) is 56.1 Å². The van der Waals surface area contributed by atoms with Gasteiger partial charge in [-0.15, -0.1) is 11.8 Å². The zero-order valence-electron chi connectivity index (χ0n) is 11.4. The van der Waals surface area contributed by atoms with Gasteiger partial charge in [0.1, 0.15) is 5.37 Å². The van der Waals surface area contributed by atoms with Crippen LogP contribution in [0.4, 0.5) is 0 Å². The van der Waals surface area contributed by atoms with Gasteiger partial charge in [0.05, 0.1) is 12.0 Å². The number of benzene rings is 2. The fourth-order valence-electron chi connectivity index (χ4n) is 2.16. The highest BCUT2D eigenvalue weighted by Gasteiger charge is 2.32. The van der Waals surface area contributed by atoms with Crippen LogP contribution in [0.3, 0.4) is 0 Å². The second-order valence-corrected chi connectivity index (χ2v) is 7.66. The van der Waals surface area contributed by atoms with E-state index in [2.05, 4.69) is 37.0 Å². The molecule has 0 bridgehead atoms. The zero-order valence-corrected chi connectivity index (χ0v) is 15.4. The third kappa shape index (κ3) is 3.62. The molecule has 1 unspecified atom stereocenters. The lowest BCUT2D eigenvalue weighted by Crippen LogP contribution is -2.22. The zero-order chi connectivity index (χ0) is 15.5. The number of halogens is 2. The summed E-state index contributed by atoms with van der Waals surface area (Å²) in [5.74, 6) is 0.480. The van der Waals surface area contributed by atoms with Crippen molar-refractivity contribution in [3.63, 3.8) is 0 Å². The van der Waals surface area contributed by atoms with E-state index in [0.717, 1.165) is 20.1 Å². The van der Waals surface area contributed by atoms with Crippen LogP contribution in [0.1, 0.15) is 16.5 Å². The van der Waals surface area contributed by atoms with E-state index in [1.807, 2.05) is 48.5 Å². The maximum absolute atomic E-state index is 12.1. The first-order valence-corrected chi connectivity index (χ1v) is 9.25. The Bertz CT molecular complexity index is 736. The summed E-state index contributed by atoms with van der Waals surface area (Å²) < 4.78 is 1.99. The van der Waals surface area contributed by atoms with E-state index in [0.29, 0.717) is 5.75 Å². The quantitative estimate of drug-likeness (QED) is 0.642. The number of amides is 1. The monoisotopic (exact) mass is 438 g/mol. The Balaban J connectivity index is 1.85. The van der Waals surface area contributed by atoms with Gasteiger partial charge in [-0.25, -0.2) is 5.01 Å². The van der Waals surface area contributed by atoms with E-state index in [-0.39, 0.29) is 11.3 Å². The van der Waals surface area contributed by atoms with E-state index in [1.165, 1.54) is 0 Å². The minimum absolute atomic E-state index is 0.0289. The molecule has 0 aromatic heterocycles. The van der Waals surface area contributed by atoms with Gasteiger partial charge in [-0.2, -0.15) is 5.10 Å². The fraction of sp³-hybridized carbons (Fsp3) is 0.125. The van der Waals surface area contributed by atoms with Crippen LogP contribution in [-0.4, -0.2) is 22.9 Å². The van der Waals surface area contributed by atoms with Crippen LogP contribution in [0.5, 0.6) is 0 Å². The molecule has 2 aromatic carbocycles. The first-order valence-electron chi connectivity index (χ1n) is 6.62. The molecular weight excluding hydrogens is 428 g/mol. The van der Waals surface area contributed by atoms with Crippen molar-refractivity contribution in [3.05, 3.63) is 68.6 Å². The predicted octanol–water partition coefficient (Wildman–Crippen LogP) is 4.82. The maximum atomic E-state index is 12.1. The third-order valence-electron chi connectivity index (χ3n) is 3.16. The Morgan fingerprint density at radius 1 is 1.14 bits per heavy atom. The molecule has 6 heteroatoms. The summed E-state index contributed by atoms with van der Waals surface area (Å²) in [6.07, 6.45) is 1.72. The Kier molecular flexibility index (Phi) is 5.00. The molecule has 1 aliphatic rings. The van der Waals surface area contributed by atoms with E-state index >= 15 is 0 Å². The van der Waals surface area contributed by atoms with E-state index in [9.17, 15) is 4.79 Å². The van der Waals surface area contributed by atoms with Crippen LogP contribution in [0.2, 0.25) is 0 Å². The molecule has 1 aliphatic heterocycles. The standard InChI is InChI=1S/C16H12Br2N2OS/c17-13-5-1-3-11(7-13)9-19-20-15(21)10-22-16(20)12-4-2-6-14(18)8-12/h1-9,16H,10H2/b19-9+. The van der Waals surface area contributed by atoms with Crippen molar-refractivity contribution in [1.82, 2.24) is 5.01 Å². The molecule has 1 saturated heterocycles. The predicted molar refractivity (Wildman–Crippen MR) is 97.9 cm³/mol. The first kappa shape index (κ1) is 15.8. The average molecular weight is 440 g/mol. The minimum atomic E-state index is -0.0756. The van der Waals surface area contributed by atoms with Gasteiger partial charge < -0.3 is 0 Å². The summed E-state index contributed by atoms with van der Waals surface area (Å²) in [5.41, 5.74) is 2.02. The molecule has 1 amide bonds. The van der Waals surface area contributed by atoms with Gasteiger partial charge in [0.15, 0.2) is 0 Å². The Morgan fingerprint density at radius 3 is 2.59 bits per heavy atom. The SMILES string of the molecule is O=C1CSC(c2cccc(Br)c2)N1/N=C/c1cccc(Br)c1. The Labute approximate surface area is 150 Å². The van der Waals surface area contributed by atoms with Crippen molar-refractivity contribution in [2.24, 2.45) is 5.10 Å². The van der Waals surface area contributed by atoms with E-state index < -0.39 is 0 Å². The van der Waals surface area contributed by atoms with Gasteiger partial charge in [0.25, 0.3) is 5.91 Å². The van der Waals surface area contributed by atoms with Gasteiger partial charge in [0, 0.05) is 8.95 Å². The van der Waals surface area contributed by atoms with Gasteiger partial charge in [-0.3, -0.25) is 4.79 Å². The van der Waals surface area contributed by atoms with Crippen LogP contribution in [0.15, 0.2) is 62.6 Å². The van der Waals surface area contributed by atoms with Crippen molar-refractivity contribution in [3.8, 4) is 0 Å². The third-order valence-corrected chi connectivity index (χ3v) is 5.34. The number of carbonyl (C=O) groups excluding carboxylic acids is 1. The average Bonchev–Trinajstić information content (AvgIpc) is 2.86. The second kappa shape index (κ2) is 6.98. The topological polar surface area (TPSA) is 32.7 Å². The number of carbonyl (C=O) groups is 1. The molecule has 112 valence electrons. The number of nitrogens with zero attached hydrogens (tertiary/aromatic N) is 2. The second-order valence-electron chi connectivity index (χ2n) is 4.76. The van der Waals surface area contributed by atoms with Crippen LogP contribution in [0, 0.1) is 0 Å².